The molecule has 0 aliphatic heterocycles. The summed E-state index contributed by atoms with van der Waals surface area (Å²) in [5.41, 5.74) is 8.66. The maximum atomic E-state index is 13.1. The van der Waals surface area contributed by atoms with Gasteiger partial charge in [-0.2, -0.15) is 0 Å². The number of rotatable bonds is 6. The van der Waals surface area contributed by atoms with Crippen molar-refractivity contribution in [1.29, 1.82) is 5.41 Å². The van der Waals surface area contributed by atoms with Gasteiger partial charge in [0.25, 0.3) is 0 Å². The minimum Gasteiger partial charge on any atom is -0.327 e. The summed E-state index contributed by atoms with van der Waals surface area (Å²) in [6.45, 7) is 0. The van der Waals surface area contributed by atoms with Crippen molar-refractivity contribution in [3.63, 3.8) is 0 Å². The van der Waals surface area contributed by atoms with E-state index in [4.69, 9.17) is 11.1 Å². The maximum Gasteiger partial charge on any atom is 0.123 e. The molecule has 2 nitrogen and oxygen atoms in total. The molecule has 0 aliphatic carbocycles. The Balaban J connectivity index is 1.85. The average Bonchev–Trinajstić information content (AvgIpc) is 2.39. The molecule has 3 N–H and O–H groups in total. The zero-order valence-corrected chi connectivity index (χ0v) is 11.4. The van der Waals surface area contributed by atoms with Crippen LogP contribution in [0.1, 0.15) is 17.5 Å². The van der Waals surface area contributed by atoms with Gasteiger partial charge >= 0.3 is 0 Å². The second-order valence-electron chi connectivity index (χ2n) is 5.06. The van der Waals surface area contributed by atoms with Gasteiger partial charge in [-0.25, -0.2) is 4.39 Å². The molecule has 1 atom stereocenters. The van der Waals surface area contributed by atoms with Gasteiger partial charge in [-0.05, 0) is 29.7 Å². The van der Waals surface area contributed by atoms with E-state index in [1.54, 1.807) is 6.07 Å². The third-order valence-corrected chi connectivity index (χ3v) is 3.16. The van der Waals surface area contributed by atoms with Gasteiger partial charge in [0.1, 0.15) is 5.82 Å². The molecule has 2 aromatic rings. The number of nitrogens with two attached hydrogens (primary N) is 1. The predicted octanol–water partition coefficient (Wildman–Crippen LogP) is 3.35. The fraction of sp³-hybridized carbons (Fsp3) is 0.235. The van der Waals surface area contributed by atoms with Crippen LogP contribution in [0.5, 0.6) is 0 Å². The average molecular weight is 270 g/mol. The van der Waals surface area contributed by atoms with E-state index >= 15 is 0 Å². The first-order valence-electron chi connectivity index (χ1n) is 6.74. The van der Waals surface area contributed by atoms with Crippen molar-refractivity contribution in [2.75, 3.05) is 0 Å². The van der Waals surface area contributed by atoms with Crippen LogP contribution < -0.4 is 5.73 Å². The minimum atomic E-state index is -0.242. The van der Waals surface area contributed by atoms with Crippen LogP contribution in [-0.4, -0.2) is 11.8 Å². The van der Waals surface area contributed by atoms with E-state index in [0.29, 0.717) is 25.0 Å². The number of benzene rings is 2. The lowest BCUT2D eigenvalue weighted by molar-refractivity contribution is 0.620. The zero-order valence-electron chi connectivity index (χ0n) is 11.4. The number of halogens is 1. The highest BCUT2D eigenvalue weighted by molar-refractivity contribution is 5.84. The molecule has 104 valence electrons. The zero-order chi connectivity index (χ0) is 14.4. The normalized spacial score (nSPS) is 12.1. The van der Waals surface area contributed by atoms with E-state index in [9.17, 15) is 4.39 Å². The molecule has 20 heavy (non-hydrogen) atoms. The molecule has 0 aliphatic rings. The Kier molecular flexibility index (Phi) is 5.02. The van der Waals surface area contributed by atoms with Gasteiger partial charge in [0.15, 0.2) is 0 Å². The van der Waals surface area contributed by atoms with Gasteiger partial charge in [-0.3, -0.25) is 0 Å². The molecule has 0 spiro atoms. The van der Waals surface area contributed by atoms with Crippen LogP contribution in [0.25, 0.3) is 0 Å². The molecule has 0 aromatic heterocycles. The Labute approximate surface area is 119 Å². The van der Waals surface area contributed by atoms with E-state index in [1.807, 2.05) is 36.4 Å². The molecule has 2 rings (SSSR count). The molecular weight excluding hydrogens is 251 g/mol. The van der Waals surface area contributed by atoms with Crippen LogP contribution in [0.15, 0.2) is 54.6 Å². The number of hydrogen-bond acceptors (Lipinski definition) is 2. The second-order valence-corrected chi connectivity index (χ2v) is 5.06. The van der Waals surface area contributed by atoms with Crippen molar-refractivity contribution in [2.24, 2.45) is 5.73 Å². The van der Waals surface area contributed by atoms with Crippen molar-refractivity contribution in [1.82, 2.24) is 0 Å². The third kappa shape index (κ3) is 4.59. The fourth-order valence-electron chi connectivity index (χ4n) is 2.27. The first-order valence-corrected chi connectivity index (χ1v) is 6.74. The van der Waals surface area contributed by atoms with Gasteiger partial charge in [0.05, 0.1) is 0 Å². The summed E-state index contributed by atoms with van der Waals surface area (Å²) in [6.07, 6.45) is 1.75. The standard InChI is InChI=1S/C17H19FN2/c18-15-8-4-7-14(9-15)11-17(20)12-16(19)10-13-5-2-1-3-6-13/h1-9,17,19H,10-12,20H2. The summed E-state index contributed by atoms with van der Waals surface area (Å²) in [6, 6.07) is 16.2. The smallest absolute Gasteiger partial charge is 0.123 e. The van der Waals surface area contributed by atoms with Crippen LogP contribution in [-0.2, 0) is 12.8 Å². The molecule has 2 aromatic carbocycles. The quantitative estimate of drug-likeness (QED) is 0.777. The van der Waals surface area contributed by atoms with Gasteiger partial charge in [0, 0.05) is 24.6 Å². The minimum absolute atomic E-state index is 0.145. The molecule has 3 heteroatoms. The SMILES string of the molecule is N=C(Cc1ccccc1)CC(N)Cc1cccc(F)c1. The molecule has 0 saturated carbocycles. The summed E-state index contributed by atoms with van der Waals surface area (Å²) in [5.74, 6) is -0.242. The Bertz CT molecular complexity index is 566. The second kappa shape index (κ2) is 6.96. The summed E-state index contributed by atoms with van der Waals surface area (Å²) in [7, 11) is 0. The topological polar surface area (TPSA) is 49.9 Å². The molecule has 0 heterocycles. The van der Waals surface area contributed by atoms with Gasteiger partial charge < -0.3 is 11.1 Å². The Morgan fingerprint density at radius 1 is 1.05 bits per heavy atom. The molecule has 1 unspecified atom stereocenters. The lowest BCUT2D eigenvalue weighted by Crippen LogP contribution is -2.26. The van der Waals surface area contributed by atoms with E-state index in [2.05, 4.69) is 0 Å². The van der Waals surface area contributed by atoms with E-state index in [0.717, 1.165) is 11.1 Å². The van der Waals surface area contributed by atoms with Crippen LogP contribution in [0.2, 0.25) is 0 Å². The fourth-order valence-corrected chi connectivity index (χ4v) is 2.27. The van der Waals surface area contributed by atoms with Crippen molar-refractivity contribution < 1.29 is 4.39 Å². The van der Waals surface area contributed by atoms with E-state index in [1.165, 1.54) is 12.1 Å². The van der Waals surface area contributed by atoms with Crippen molar-refractivity contribution in [2.45, 2.75) is 25.3 Å². The summed E-state index contributed by atoms with van der Waals surface area (Å²) >= 11 is 0. The van der Waals surface area contributed by atoms with Crippen molar-refractivity contribution in [3.8, 4) is 0 Å². The summed E-state index contributed by atoms with van der Waals surface area (Å²) in [4.78, 5) is 0. The first-order chi connectivity index (χ1) is 9.63. The lowest BCUT2D eigenvalue weighted by Gasteiger charge is -2.12. The Hall–Kier alpha value is -2.00. The maximum absolute atomic E-state index is 13.1. The van der Waals surface area contributed by atoms with E-state index in [-0.39, 0.29) is 11.9 Å². The number of hydrogen-bond donors (Lipinski definition) is 2. The first kappa shape index (κ1) is 14.4. The highest BCUT2D eigenvalue weighted by Gasteiger charge is 2.09. The monoisotopic (exact) mass is 270 g/mol. The number of nitrogens with one attached hydrogen (secondary N) is 1. The Morgan fingerprint density at radius 3 is 2.45 bits per heavy atom. The van der Waals surface area contributed by atoms with Crippen LogP contribution >= 0.6 is 0 Å². The van der Waals surface area contributed by atoms with Gasteiger partial charge in [-0.1, -0.05) is 42.5 Å². The summed E-state index contributed by atoms with van der Waals surface area (Å²) in [5, 5.41) is 8.01. The van der Waals surface area contributed by atoms with Crippen molar-refractivity contribution >= 4 is 5.71 Å². The predicted molar refractivity (Wildman–Crippen MR) is 80.6 cm³/mol. The van der Waals surface area contributed by atoms with Crippen LogP contribution in [0.3, 0.4) is 0 Å². The van der Waals surface area contributed by atoms with Crippen LogP contribution in [0, 0.1) is 11.2 Å². The largest absolute Gasteiger partial charge is 0.327 e. The van der Waals surface area contributed by atoms with E-state index < -0.39 is 0 Å². The highest BCUT2D eigenvalue weighted by Crippen LogP contribution is 2.09. The van der Waals surface area contributed by atoms with Gasteiger partial charge in [-0.15, -0.1) is 0 Å². The van der Waals surface area contributed by atoms with Crippen LogP contribution in [0.4, 0.5) is 4.39 Å². The lowest BCUT2D eigenvalue weighted by atomic mass is 9.98. The van der Waals surface area contributed by atoms with Crippen molar-refractivity contribution in [3.05, 3.63) is 71.5 Å². The third-order valence-electron chi connectivity index (χ3n) is 3.16. The Morgan fingerprint density at radius 2 is 1.75 bits per heavy atom. The molecular formula is C17H19FN2. The van der Waals surface area contributed by atoms with Gasteiger partial charge in [0.2, 0.25) is 0 Å². The molecule has 0 fully saturated rings. The summed E-state index contributed by atoms with van der Waals surface area (Å²) < 4.78 is 13.1. The molecule has 0 radical (unpaired) electrons. The molecule has 0 saturated heterocycles. The molecule has 0 amide bonds. The molecule has 0 bridgehead atoms. The highest BCUT2D eigenvalue weighted by atomic mass is 19.1.